The Kier molecular flexibility index (Phi) is 7.08. The van der Waals surface area contributed by atoms with Gasteiger partial charge in [0.15, 0.2) is 0 Å². The Morgan fingerprint density at radius 2 is 1.81 bits per heavy atom. The van der Waals surface area contributed by atoms with Gasteiger partial charge in [0, 0.05) is 5.69 Å². The molecular formula is C15H22N2O4. The summed E-state index contributed by atoms with van der Waals surface area (Å²) in [6.45, 7) is 5.51. The van der Waals surface area contributed by atoms with Crippen molar-refractivity contribution in [2.45, 2.75) is 39.3 Å². The summed E-state index contributed by atoms with van der Waals surface area (Å²) in [5, 5.41) is 5.25. The standard InChI is InChI=1S/C15H22N2O4/c1-4-12(16-15(19)21-11(2)3)10-20-14(18)17-13-8-6-5-7-9-13/h5-9,11-12H,4,10H2,1-3H3,(H,16,19)(H,17,18)/t12-/m1/s1. The predicted molar refractivity (Wildman–Crippen MR) is 80.2 cm³/mol. The maximum Gasteiger partial charge on any atom is 0.411 e. The van der Waals surface area contributed by atoms with Crippen molar-refractivity contribution in [2.24, 2.45) is 0 Å². The summed E-state index contributed by atoms with van der Waals surface area (Å²) >= 11 is 0. The molecule has 0 spiro atoms. The Morgan fingerprint density at radius 1 is 1.14 bits per heavy atom. The van der Waals surface area contributed by atoms with Crippen LogP contribution in [0.3, 0.4) is 0 Å². The third kappa shape index (κ3) is 7.20. The van der Waals surface area contributed by atoms with Gasteiger partial charge < -0.3 is 14.8 Å². The van der Waals surface area contributed by atoms with Crippen LogP contribution in [0, 0.1) is 0 Å². The summed E-state index contributed by atoms with van der Waals surface area (Å²) in [7, 11) is 0. The topological polar surface area (TPSA) is 76.7 Å². The molecule has 0 saturated heterocycles. The average Bonchev–Trinajstić information content (AvgIpc) is 2.43. The molecule has 0 aliphatic rings. The molecule has 2 N–H and O–H groups in total. The number of hydrogen-bond acceptors (Lipinski definition) is 4. The number of carbonyl (C=O) groups is 2. The minimum absolute atomic E-state index is 0.0857. The molecule has 0 bridgehead atoms. The number of amides is 2. The minimum Gasteiger partial charge on any atom is -0.447 e. The van der Waals surface area contributed by atoms with Crippen LogP contribution in [-0.4, -0.2) is 30.9 Å². The van der Waals surface area contributed by atoms with Crippen molar-refractivity contribution >= 4 is 17.9 Å². The molecule has 1 rings (SSSR count). The van der Waals surface area contributed by atoms with Gasteiger partial charge >= 0.3 is 12.2 Å². The lowest BCUT2D eigenvalue weighted by Crippen LogP contribution is -2.39. The van der Waals surface area contributed by atoms with E-state index in [1.165, 1.54) is 0 Å². The van der Waals surface area contributed by atoms with Crippen LogP contribution in [0.25, 0.3) is 0 Å². The lowest BCUT2D eigenvalue weighted by Gasteiger charge is -2.18. The van der Waals surface area contributed by atoms with Crippen molar-refractivity contribution in [3.05, 3.63) is 30.3 Å². The van der Waals surface area contributed by atoms with Crippen LogP contribution in [0.2, 0.25) is 0 Å². The lowest BCUT2D eigenvalue weighted by atomic mass is 10.2. The molecule has 0 aliphatic heterocycles. The first-order valence-corrected chi connectivity index (χ1v) is 6.97. The predicted octanol–water partition coefficient (Wildman–Crippen LogP) is 3.15. The second-order valence-electron chi connectivity index (χ2n) is 4.79. The average molecular weight is 294 g/mol. The van der Waals surface area contributed by atoms with Gasteiger partial charge in [-0.05, 0) is 32.4 Å². The minimum atomic E-state index is -0.557. The first-order chi connectivity index (χ1) is 10.0. The molecule has 1 aromatic rings. The van der Waals surface area contributed by atoms with Gasteiger partial charge in [0.25, 0.3) is 0 Å². The van der Waals surface area contributed by atoms with Crippen molar-refractivity contribution < 1.29 is 19.1 Å². The molecule has 0 aliphatic carbocycles. The van der Waals surface area contributed by atoms with Crippen LogP contribution in [-0.2, 0) is 9.47 Å². The Hall–Kier alpha value is -2.24. The molecular weight excluding hydrogens is 272 g/mol. The summed E-state index contributed by atoms with van der Waals surface area (Å²) in [5.74, 6) is 0. The fourth-order valence-corrected chi connectivity index (χ4v) is 1.53. The third-order valence-corrected chi connectivity index (χ3v) is 2.59. The Labute approximate surface area is 124 Å². The smallest absolute Gasteiger partial charge is 0.411 e. The number of nitrogens with one attached hydrogen (secondary N) is 2. The zero-order chi connectivity index (χ0) is 15.7. The van der Waals surface area contributed by atoms with E-state index >= 15 is 0 Å². The van der Waals surface area contributed by atoms with E-state index in [-0.39, 0.29) is 18.8 Å². The fourth-order valence-electron chi connectivity index (χ4n) is 1.53. The Morgan fingerprint density at radius 3 is 2.38 bits per heavy atom. The SMILES string of the molecule is CC[C@H](COC(=O)Nc1ccccc1)NC(=O)OC(C)C. The van der Waals surface area contributed by atoms with Gasteiger partial charge in [0.1, 0.15) is 6.61 Å². The normalized spacial score (nSPS) is 11.6. The monoisotopic (exact) mass is 294 g/mol. The summed E-state index contributed by atoms with van der Waals surface area (Å²) in [6.07, 6.45) is -0.626. The lowest BCUT2D eigenvalue weighted by molar-refractivity contribution is 0.102. The van der Waals surface area contributed by atoms with Crippen molar-refractivity contribution in [3.8, 4) is 0 Å². The first kappa shape index (κ1) is 16.8. The number of rotatable bonds is 6. The van der Waals surface area contributed by atoms with E-state index in [1.807, 2.05) is 25.1 Å². The quantitative estimate of drug-likeness (QED) is 0.845. The largest absolute Gasteiger partial charge is 0.447 e. The van der Waals surface area contributed by atoms with E-state index in [9.17, 15) is 9.59 Å². The molecule has 21 heavy (non-hydrogen) atoms. The van der Waals surface area contributed by atoms with E-state index in [2.05, 4.69) is 10.6 Å². The van der Waals surface area contributed by atoms with E-state index in [4.69, 9.17) is 9.47 Å². The van der Waals surface area contributed by atoms with Crippen LogP contribution >= 0.6 is 0 Å². The molecule has 6 nitrogen and oxygen atoms in total. The van der Waals surface area contributed by atoms with Gasteiger partial charge in [0.05, 0.1) is 12.1 Å². The molecule has 0 unspecified atom stereocenters. The van der Waals surface area contributed by atoms with Crippen molar-refractivity contribution in [1.82, 2.24) is 5.32 Å². The summed E-state index contributed by atoms with van der Waals surface area (Å²) in [6, 6.07) is 8.72. The highest BCUT2D eigenvalue weighted by Crippen LogP contribution is 2.05. The number of carbonyl (C=O) groups excluding carboxylic acids is 2. The molecule has 116 valence electrons. The van der Waals surface area contributed by atoms with E-state index < -0.39 is 12.2 Å². The van der Waals surface area contributed by atoms with Crippen LogP contribution in [0.5, 0.6) is 0 Å². The number of alkyl carbamates (subject to hydrolysis) is 1. The van der Waals surface area contributed by atoms with Gasteiger partial charge in [-0.2, -0.15) is 0 Å². The van der Waals surface area contributed by atoms with Gasteiger partial charge in [0.2, 0.25) is 0 Å². The number of para-hydroxylation sites is 1. The highest BCUT2D eigenvalue weighted by molar-refractivity contribution is 5.84. The Balaban J connectivity index is 2.34. The van der Waals surface area contributed by atoms with Crippen LogP contribution < -0.4 is 10.6 Å². The van der Waals surface area contributed by atoms with Crippen molar-refractivity contribution in [1.29, 1.82) is 0 Å². The van der Waals surface area contributed by atoms with Gasteiger partial charge in [-0.15, -0.1) is 0 Å². The number of hydrogen-bond donors (Lipinski definition) is 2. The van der Waals surface area contributed by atoms with Gasteiger partial charge in [-0.3, -0.25) is 5.32 Å². The summed E-state index contributed by atoms with van der Waals surface area (Å²) in [5.41, 5.74) is 0.655. The maximum absolute atomic E-state index is 11.6. The second-order valence-corrected chi connectivity index (χ2v) is 4.79. The molecule has 0 saturated carbocycles. The van der Waals surface area contributed by atoms with E-state index in [0.29, 0.717) is 12.1 Å². The molecule has 0 fully saturated rings. The molecule has 1 atom stereocenters. The highest BCUT2D eigenvalue weighted by atomic mass is 16.6. The molecule has 2 amide bonds. The van der Waals surface area contributed by atoms with E-state index in [0.717, 1.165) is 0 Å². The zero-order valence-electron chi connectivity index (χ0n) is 12.6. The van der Waals surface area contributed by atoms with Gasteiger partial charge in [-0.25, -0.2) is 9.59 Å². The number of benzene rings is 1. The molecule has 0 aromatic heterocycles. The molecule has 1 aromatic carbocycles. The summed E-state index contributed by atoms with van der Waals surface area (Å²) in [4.78, 5) is 23.1. The molecule has 0 heterocycles. The van der Waals surface area contributed by atoms with Crippen molar-refractivity contribution in [2.75, 3.05) is 11.9 Å². The third-order valence-electron chi connectivity index (χ3n) is 2.59. The highest BCUT2D eigenvalue weighted by Gasteiger charge is 2.14. The fraction of sp³-hybridized carbons (Fsp3) is 0.467. The summed E-state index contributed by atoms with van der Waals surface area (Å²) < 4.78 is 10.1. The second kappa shape index (κ2) is 8.84. The van der Waals surface area contributed by atoms with E-state index in [1.54, 1.807) is 26.0 Å². The van der Waals surface area contributed by atoms with Crippen LogP contribution in [0.4, 0.5) is 15.3 Å². The number of ether oxygens (including phenoxy) is 2. The van der Waals surface area contributed by atoms with Gasteiger partial charge in [-0.1, -0.05) is 25.1 Å². The van der Waals surface area contributed by atoms with Crippen LogP contribution in [0.15, 0.2) is 30.3 Å². The number of anilines is 1. The molecule has 6 heteroatoms. The van der Waals surface area contributed by atoms with Crippen molar-refractivity contribution in [3.63, 3.8) is 0 Å². The molecule has 0 radical (unpaired) electrons. The maximum atomic E-state index is 11.6. The Bertz CT molecular complexity index is 448. The van der Waals surface area contributed by atoms with Crippen LogP contribution in [0.1, 0.15) is 27.2 Å². The zero-order valence-corrected chi connectivity index (χ0v) is 12.6. The first-order valence-electron chi connectivity index (χ1n) is 6.97.